The Morgan fingerprint density at radius 1 is 1.27 bits per heavy atom. The first-order valence-corrected chi connectivity index (χ1v) is 9.08. The maximum Gasteiger partial charge on any atom is 0.156 e. The highest BCUT2D eigenvalue weighted by atomic mass is 16.3. The Balaban J connectivity index is 1.67. The third kappa shape index (κ3) is 1.92. The van der Waals surface area contributed by atoms with E-state index in [9.17, 15) is 9.90 Å². The second kappa shape index (κ2) is 5.06. The van der Waals surface area contributed by atoms with Crippen molar-refractivity contribution in [1.29, 1.82) is 0 Å². The molecule has 0 aliphatic heterocycles. The zero-order chi connectivity index (χ0) is 15.5. The molecule has 120 valence electrons. The summed E-state index contributed by atoms with van der Waals surface area (Å²) in [4.78, 5) is 12.0. The Morgan fingerprint density at radius 2 is 2.09 bits per heavy atom. The van der Waals surface area contributed by atoms with Crippen LogP contribution in [0.4, 0.5) is 0 Å². The molecule has 4 rings (SSSR count). The SMILES string of the molecule is C=CC1CC(=O)C=C2CC[C@@H]3[C@H](CC[C@]4(C)[C@@H](O)CC[C@@H]34)C21. The van der Waals surface area contributed by atoms with Crippen LogP contribution >= 0.6 is 0 Å². The van der Waals surface area contributed by atoms with Crippen LogP contribution in [0.1, 0.15) is 51.9 Å². The summed E-state index contributed by atoms with van der Waals surface area (Å²) in [6, 6.07) is 0. The summed E-state index contributed by atoms with van der Waals surface area (Å²) >= 11 is 0. The topological polar surface area (TPSA) is 37.3 Å². The maximum absolute atomic E-state index is 12.0. The summed E-state index contributed by atoms with van der Waals surface area (Å²) in [5.74, 6) is 3.33. The molecule has 0 aromatic carbocycles. The second-order valence-electron chi connectivity index (χ2n) is 8.43. The summed E-state index contributed by atoms with van der Waals surface area (Å²) in [5.41, 5.74) is 1.56. The number of allylic oxidation sites excluding steroid dienone is 2. The number of aliphatic hydroxyl groups is 1. The first kappa shape index (κ1) is 14.7. The largest absolute Gasteiger partial charge is 0.393 e. The van der Waals surface area contributed by atoms with Crippen LogP contribution in [0.2, 0.25) is 0 Å². The van der Waals surface area contributed by atoms with E-state index in [0.717, 1.165) is 25.2 Å². The predicted octanol–water partition coefficient (Wildman–Crippen LogP) is 3.90. The van der Waals surface area contributed by atoms with Crippen LogP contribution in [0.15, 0.2) is 24.3 Å². The van der Waals surface area contributed by atoms with Crippen molar-refractivity contribution in [2.24, 2.45) is 35.0 Å². The number of carbonyl (C=O) groups excluding carboxylic acids is 1. The van der Waals surface area contributed by atoms with Gasteiger partial charge in [0.1, 0.15) is 0 Å². The quantitative estimate of drug-likeness (QED) is 0.746. The van der Waals surface area contributed by atoms with Crippen molar-refractivity contribution in [1.82, 2.24) is 0 Å². The van der Waals surface area contributed by atoms with Gasteiger partial charge in [-0.05, 0) is 79.6 Å². The highest BCUT2D eigenvalue weighted by Crippen LogP contribution is 2.62. The van der Waals surface area contributed by atoms with Gasteiger partial charge in [0.05, 0.1) is 6.10 Å². The van der Waals surface area contributed by atoms with Crippen LogP contribution in [0.5, 0.6) is 0 Å². The molecule has 3 saturated carbocycles. The first-order valence-electron chi connectivity index (χ1n) is 9.08. The van der Waals surface area contributed by atoms with Crippen molar-refractivity contribution in [3.8, 4) is 0 Å². The molecule has 1 N–H and O–H groups in total. The lowest BCUT2D eigenvalue weighted by atomic mass is 9.50. The molecule has 2 heteroatoms. The van der Waals surface area contributed by atoms with Crippen LogP contribution in [0, 0.1) is 35.0 Å². The number of hydrogen-bond donors (Lipinski definition) is 1. The lowest BCUT2D eigenvalue weighted by Gasteiger charge is -2.54. The van der Waals surface area contributed by atoms with E-state index >= 15 is 0 Å². The van der Waals surface area contributed by atoms with Crippen LogP contribution in [-0.4, -0.2) is 17.0 Å². The minimum Gasteiger partial charge on any atom is -0.393 e. The van der Waals surface area contributed by atoms with Gasteiger partial charge in [0.25, 0.3) is 0 Å². The predicted molar refractivity (Wildman–Crippen MR) is 87.2 cm³/mol. The molecular weight excluding hydrogens is 272 g/mol. The van der Waals surface area contributed by atoms with Gasteiger partial charge in [-0.3, -0.25) is 4.79 Å². The molecule has 0 radical (unpaired) electrons. The maximum atomic E-state index is 12.0. The molecule has 7 atom stereocenters. The number of carbonyl (C=O) groups is 1. The Bertz CT molecular complexity index is 534. The van der Waals surface area contributed by atoms with Gasteiger partial charge in [0.15, 0.2) is 5.78 Å². The Hall–Kier alpha value is -0.890. The van der Waals surface area contributed by atoms with Gasteiger partial charge in [0.2, 0.25) is 0 Å². The van der Waals surface area contributed by atoms with E-state index < -0.39 is 0 Å². The third-order valence-corrected chi connectivity index (χ3v) is 7.65. The normalized spacial score (nSPS) is 50.6. The van der Waals surface area contributed by atoms with Crippen LogP contribution in [-0.2, 0) is 4.79 Å². The van der Waals surface area contributed by atoms with Gasteiger partial charge >= 0.3 is 0 Å². The zero-order valence-electron chi connectivity index (χ0n) is 13.6. The Kier molecular flexibility index (Phi) is 3.38. The number of aliphatic hydroxyl groups excluding tert-OH is 1. The summed E-state index contributed by atoms with van der Waals surface area (Å²) in [5, 5.41) is 10.5. The van der Waals surface area contributed by atoms with Crippen molar-refractivity contribution in [3.05, 3.63) is 24.3 Å². The fourth-order valence-electron chi connectivity index (χ4n) is 6.54. The average molecular weight is 300 g/mol. The highest BCUT2D eigenvalue weighted by Gasteiger charge is 2.56. The monoisotopic (exact) mass is 300 g/mol. The van der Waals surface area contributed by atoms with E-state index in [2.05, 4.69) is 13.5 Å². The van der Waals surface area contributed by atoms with Gasteiger partial charge < -0.3 is 5.11 Å². The molecule has 0 amide bonds. The summed E-state index contributed by atoms with van der Waals surface area (Å²) in [7, 11) is 0. The van der Waals surface area contributed by atoms with Crippen LogP contribution in [0.25, 0.3) is 0 Å². The Labute approximate surface area is 133 Å². The molecule has 4 aliphatic carbocycles. The van der Waals surface area contributed by atoms with Gasteiger partial charge in [-0.15, -0.1) is 6.58 Å². The van der Waals surface area contributed by atoms with Crippen molar-refractivity contribution >= 4 is 5.78 Å². The van der Waals surface area contributed by atoms with E-state index in [4.69, 9.17) is 0 Å². The fourth-order valence-corrected chi connectivity index (χ4v) is 6.54. The van der Waals surface area contributed by atoms with E-state index in [0.29, 0.717) is 35.9 Å². The van der Waals surface area contributed by atoms with Crippen molar-refractivity contribution in [2.45, 2.75) is 58.0 Å². The van der Waals surface area contributed by atoms with E-state index in [1.807, 2.05) is 12.2 Å². The third-order valence-electron chi connectivity index (χ3n) is 7.65. The van der Waals surface area contributed by atoms with Crippen molar-refractivity contribution in [3.63, 3.8) is 0 Å². The smallest absolute Gasteiger partial charge is 0.156 e. The molecule has 4 aliphatic rings. The number of fused-ring (bicyclic) bond motifs is 5. The standard InChI is InChI=1S/C20H28O2/c1-3-12-10-14(21)11-13-4-5-15-16(19(12)13)8-9-20(2)17(15)6-7-18(20)22/h3,11-12,15-19,22H,1,4-10H2,2H3/t12?,15-,16+,17+,18+,19?,20+/m1/s1. The number of rotatable bonds is 1. The summed E-state index contributed by atoms with van der Waals surface area (Å²) in [6.07, 6.45) is 11.4. The van der Waals surface area contributed by atoms with Crippen molar-refractivity contribution < 1.29 is 9.90 Å². The molecule has 0 spiro atoms. The molecule has 0 heterocycles. The van der Waals surface area contributed by atoms with E-state index in [1.165, 1.54) is 24.8 Å². The molecule has 0 aromatic heterocycles. The minimum absolute atomic E-state index is 0.0986. The lowest BCUT2D eigenvalue weighted by Crippen LogP contribution is -2.49. The number of ketones is 1. The molecule has 0 aromatic rings. The summed E-state index contributed by atoms with van der Waals surface area (Å²) in [6.45, 7) is 6.35. The fraction of sp³-hybridized carbons (Fsp3) is 0.750. The van der Waals surface area contributed by atoms with Gasteiger partial charge in [-0.2, -0.15) is 0 Å². The first-order chi connectivity index (χ1) is 10.5. The minimum atomic E-state index is -0.0986. The van der Waals surface area contributed by atoms with Gasteiger partial charge in [-0.1, -0.05) is 18.6 Å². The van der Waals surface area contributed by atoms with Crippen molar-refractivity contribution in [2.75, 3.05) is 0 Å². The van der Waals surface area contributed by atoms with Crippen LogP contribution in [0.3, 0.4) is 0 Å². The van der Waals surface area contributed by atoms with Crippen LogP contribution < -0.4 is 0 Å². The van der Waals surface area contributed by atoms with Gasteiger partial charge in [0, 0.05) is 6.42 Å². The molecule has 3 fully saturated rings. The molecule has 2 unspecified atom stereocenters. The van der Waals surface area contributed by atoms with E-state index in [-0.39, 0.29) is 11.5 Å². The molecule has 0 bridgehead atoms. The van der Waals surface area contributed by atoms with Gasteiger partial charge in [-0.25, -0.2) is 0 Å². The number of hydrogen-bond acceptors (Lipinski definition) is 2. The average Bonchev–Trinajstić information content (AvgIpc) is 2.81. The zero-order valence-corrected chi connectivity index (χ0v) is 13.6. The molecule has 2 nitrogen and oxygen atoms in total. The molecule has 0 saturated heterocycles. The molecule has 22 heavy (non-hydrogen) atoms. The second-order valence-corrected chi connectivity index (χ2v) is 8.43. The highest BCUT2D eigenvalue weighted by molar-refractivity contribution is 5.91. The van der Waals surface area contributed by atoms with E-state index in [1.54, 1.807) is 0 Å². The summed E-state index contributed by atoms with van der Waals surface area (Å²) < 4.78 is 0. The Morgan fingerprint density at radius 3 is 2.86 bits per heavy atom. The molecular formula is C20H28O2. The lowest BCUT2D eigenvalue weighted by molar-refractivity contribution is -0.117.